The van der Waals surface area contributed by atoms with Crippen LogP contribution in [0, 0.1) is 0 Å². The van der Waals surface area contributed by atoms with Crippen molar-refractivity contribution in [2.45, 2.75) is 19.4 Å². The Kier molecular flexibility index (Phi) is 4.41. The molecule has 1 rings (SSSR count). The van der Waals surface area contributed by atoms with Crippen molar-refractivity contribution in [1.82, 2.24) is 0 Å². The summed E-state index contributed by atoms with van der Waals surface area (Å²) in [5.74, 6) is 0.837. The van der Waals surface area contributed by atoms with E-state index < -0.39 is 0 Å². The largest absolute Gasteiger partial charge is 0.496 e. The standard InChI is InChI=1S/C10H13Br2NO/c1-6(13)3-7-4-10(14-2)9(12)5-8(7)11/h4-6H,3,13H2,1-2H3/t6-/m0/s1. The summed E-state index contributed by atoms with van der Waals surface area (Å²) in [5, 5.41) is 0. The van der Waals surface area contributed by atoms with E-state index in [4.69, 9.17) is 10.5 Å². The molecule has 1 atom stereocenters. The van der Waals surface area contributed by atoms with Crippen LogP contribution in [0.5, 0.6) is 5.75 Å². The van der Waals surface area contributed by atoms with Crippen molar-refractivity contribution in [2.24, 2.45) is 5.73 Å². The summed E-state index contributed by atoms with van der Waals surface area (Å²) in [5.41, 5.74) is 6.92. The van der Waals surface area contributed by atoms with Gasteiger partial charge in [-0.1, -0.05) is 15.9 Å². The van der Waals surface area contributed by atoms with E-state index in [1.807, 2.05) is 19.1 Å². The number of hydrogen-bond donors (Lipinski definition) is 1. The predicted molar refractivity (Wildman–Crippen MR) is 65.7 cm³/mol. The molecule has 4 heteroatoms. The lowest BCUT2D eigenvalue weighted by Crippen LogP contribution is -2.18. The Bertz CT molecular complexity index is 326. The van der Waals surface area contributed by atoms with Gasteiger partial charge < -0.3 is 10.5 Å². The normalized spacial score (nSPS) is 12.6. The number of halogens is 2. The average molecular weight is 323 g/mol. The van der Waals surface area contributed by atoms with Crippen LogP contribution in [0.2, 0.25) is 0 Å². The molecule has 0 unspecified atom stereocenters. The number of benzene rings is 1. The van der Waals surface area contributed by atoms with Crippen LogP contribution in [0.4, 0.5) is 0 Å². The second kappa shape index (κ2) is 5.14. The van der Waals surface area contributed by atoms with Gasteiger partial charge in [0.15, 0.2) is 0 Å². The fraction of sp³-hybridized carbons (Fsp3) is 0.400. The van der Waals surface area contributed by atoms with Crippen molar-refractivity contribution in [3.05, 3.63) is 26.6 Å². The van der Waals surface area contributed by atoms with Crippen LogP contribution in [-0.4, -0.2) is 13.2 Å². The van der Waals surface area contributed by atoms with E-state index in [9.17, 15) is 0 Å². The summed E-state index contributed by atoms with van der Waals surface area (Å²) < 4.78 is 7.22. The Hall–Kier alpha value is -0.0600. The van der Waals surface area contributed by atoms with Crippen LogP contribution < -0.4 is 10.5 Å². The third-order valence-electron chi connectivity index (χ3n) is 1.86. The molecule has 1 aromatic carbocycles. The molecule has 0 radical (unpaired) electrons. The summed E-state index contributed by atoms with van der Waals surface area (Å²) in [6.07, 6.45) is 0.838. The molecule has 78 valence electrons. The van der Waals surface area contributed by atoms with Crippen molar-refractivity contribution in [2.75, 3.05) is 7.11 Å². The van der Waals surface area contributed by atoms with E-state index >= 15 is 0 Å². The van der Waals surface area contributed by atoms with Gasteiger partial charge in [-0.05, 0) is 47.0 Å². The highest BCUT2D eigenvalue weighted by Crippen LogP contribution is 2.31. The molecule has 0 aliphatic carbocycles. The van der Waals surface area contributed by atoms with Crippen molar-refractivity contribution in [3.8, 4) is 5.75 Å². The van der Waals surface area contributed by atoms with Crippen molar-refractivity contribution >= 4 is 31.9 Å². The van der Waals surface area contributed by atoms with Gasteiger partial charge in [0.2, 0.25) is 0 Å². The Labute approximate surface area is 101 Å². The van der Waals surface area contributed by atoms with Gasteiger partial charge in [-0.15, -0.1) is 0 Å². The molecule has 0 aromatic heterocycles. The zero-order valence-corrected chi connectivity index (χ0v) is 11.4. The number of rotatable bonds is 3. The summed E-state index contributed by atoms with van der Waals surface area (Å²) in [6.45, 7) is 1.99. The van der Waals surface area contributed by atoms with Crippen LogP contribution in [0.15, 0.2) is 21.1 Å². The number of hydrogen-bond acceptors (Lipinski definition) is 2. The Balaban J connectivity index is 3.04. The lowest BCUT2D eigenvalue weighted by atomic mass is 10.1. The molecule has 1 aromatic rings. The van der Waals surface area contributed by atoms with Gasteiger partial charge in [0.25, 0.3) is 0 Å². The van der Waals surface area contributed by atoms with Gasteiger partial charge in [-0.3, -0.25) is 0 Å². The first-order valence-electron chi connectivity index (χ1n) is 4.32. The highest BCUT2D eigenvalue weighted by atomic mass is 79.9. The summed E-state index contributed by atoms with van der Waals surface area (Å²) >= 11 is 6.92. The number of methoxy groups -OCH3 is 1. The zero-order valence-electron chi connectivity index (χ0n) is 8.18. The van der Waals surface area contributed by atoms with E-state index in [1.165, 1.54) is 5.56 Å². The minimum Gasteiger partial charge on any atom is -0.496 e. The lowest BCUT2D eigenvalue weighted by molar-refractivity contribution is 0.411. The molecule has 0 saturated carbocycles. The highest BCUT2D eigenvalue weighted by Gasteiger charge is 2.08. The van der Waals surface area contributed by atoms with E-state index in [0.717, 1.165) is 21.1 Å². The maximum absolute atomic E-state index is 5.75. The predicted octanol–water partition coefficient (Wildman–Crippen LogP) is 3.11. The molecule has 2 N–H and O–H groups in total. The van der Waals surface area contributed by atoms with Gasteiger partial charge in [0, 0.05) is 10.5 Å². The Morgan fingerprint density at radius 1 is 1.36 bits per heavy atom. The molecule has 0 aliphatic heterocycles. The molecule has 0 saturated heterocycles. The molecule has 2 nitrogen and oxygen atoms in total. The van der Waals surface area contributed by atoms with Gasteiger partial charge >= 0.3 is 0 Å². The highest BCUT2D eigenvalue weighted by molar-refractivity contribution is 9.11. The first kappa shape index (κ1) is 12.0. The molecule has 14 heavy (non-hydrogen) atoms. The van der Waals surface area contributed by atoms with Crippen LogP contribution >= 0.6 is 31.9 Å². The van der Waals surface area contributed by atoms with Gasteiger partial charge in [0.1, 0.15) is 5.75 Å². The lowest BCUT2D eigenvalue weighted by Gasteiger charge is -2.11. The van der Waals surface area contributed by atoms with Crippen LogP contribution in [0.1, 0.15) is 12.5 Å². The minimum absolute atomic E-state index is 0.150. The summed E-state index contributed by atoms with van der Waals surface area (Å²) in [4.78, 5) is 0. The van der Waals surface area contributed by atoms with E-state index in [0.29, 0.717) is 0 Å². The van der Waals surface area contributed by atoms with E-state index in [1.54, 1.807) is 7.11 Å². The molecule has 0 aliphatic rings. The monoisotopic (exact) mass is 321 g/mol. The van der Waals surface area contributed by atoms with Gasteiger partial charge in [-0.25, -0.2) is 0 Å². The third kappa shape index (κ3) is 2.97. The Morgan fingerprint density at radius 3 is 2.50 bits per heavy atom. The molecule has 0 fully saturated rings. The molecule has 0 bridgehead atoms. The van der Waals surface area contributed by atoms with Gasteiger partial charge in [-0.2, -0.15) is 0 Å². The SMILES string of the molecule is COc1cc(C[C@H](C)N)c(Br)cc1Br. The molecule has 0 heterocycles. The Morgan fingerprint density at radius 2 is 2.00 bits per heavy atom. The fourth-order valence-electron chi connectivity index (χ4n) is 1.23. The quantitative estimate of drug-likeness (QED) is 0.928. The number of nitrogens with two attached hydrogens (primary N) is 1. The smallest absolute Gasteiger partial charge is 0.133 e. The molecule has 0 spiro atoms. The van der Waals surface area contributed by atoms with Crippen molar-refractivity contribution in [3.63, 3.8) is 0 Å². The first-order chi connectivity index (χ1) is 6.54. The second-order valence-corrected chi connectivity index (χ2v) is 4.97. The second-order valence-electron chi connectivity index (χ2n) is 3.26. The van der Waals surface area contributed by atoms with Crippen LogP contribution in [0.25, 0.3) is 0 Å². The summed E-state index contributed by atoms with van der Waals surface area (Å²) in [6, 6.07) is 4.13. The minimum atomic E-state index is 0.150. The van der Waals surface area contributed by atoms with Crippen molar-refractivity contribution < 1.29 is 4.74 Å². The molecule has 0 amide bonds. The van der Waals surface area contributed by atoms with Gasteiger partial charge in [0.05, 0.1) is 11.6 Å². The molecular weight excluding hydrogens is 310 g/mol. The van der Waals surface area contributed by atoms with Crippen LogP contribution in [0.3, 0.4) is 0 Å². The van der Waals surface area contributed by atoms with Crippen molar-refractivity contribution in [1.29, 1.82) is 0 Å². The van der Waals surface area contributed by atoms with E-state index in [-0.39, 0.29) is 6.04 Å². The maximum Gasteiger partial charge on any atom is 0.133 e. The summed E-state index contributed by atoms with van der Waals surface area (Å²) in [7, 11) is 1.66. The maximum atomic E-state index is 5.75. The van der Waals surface area contributed by atoms with Crippen LogP contribution in [-0.2, 0) is 6.42 Å². The topological polar surface area (TPSA) is 35.2 Å². The number of ether oxygens (including phenoxy) is 1. The zero-order chi connectivity index (χ0) is 10.7. The molecular formula is C10H13Br2NO. The average Bonchev–Trinajstić information content (AvgIpc) is 2.09. The fourth-order valence-corrected chi connectivity index (χ4v) is 2.55. The third-order valence-corrected chi connectivity index (χ3v) is 3.22. The van der Waals surface area contributed by atoms with E-state index in [2.05, 4.69) is 31.9 Å². The first-order valence-corrected chi connectivity index (χ1v) is 5.90.